The number of nitrogens with two attached hydrogens (primary N) is 6. The Bertz CT molecular complexity index is 2640. The summed E-state index contributed by atoms with van der Waals surface area (Å²) in [6.07, 6.45) is 7.23. The molecule has 500 valence electrons. The zero-order valence-electron chi connectivity index (χ0n) is 53.0. The first-order valence-corrected chi connectivity index (χ1v) is 32.7. The van der Waals surface area contributed by atoms with Crippen LogP contribution in [-0.4, -0.2) is 222 Å². The molecule has 6 atom stereocenters. The summed E-state index contributed by atoms with van der Waals surface area (Å²) in [4.78, 5) is 149. The highest BCUT2D eigenvalue weighted by Crippen LogP contribution is 2.33. The number of rotatable bonds is 44. The Balaban J connectivity index is 1.52. The number of primary amides is 1. The van der Waals surface area contributed by atoms with Gasteiger partial charge in [0.25, 0.3) is 0 Å². The Morgan fingerprint density at radius 1 is 0.578 bits per heavy atom. The van der Waals surface area contributed by atoms with Crippen molar-refractivity contribution in [3.05, 3.63) is 71.8 Å². The van der Waals surface area contributed by atoms with Crippen molar-refractivity contribution in [1.29, 1.82) is 0 Å². The molecule has 28 heteroatoms. The average molecular weight is 1280 g/mol. The predicted octanol–water partition coefficient (Wildman–Crippen LogP) is 0.363. The fourth-order valence-corrected chi connectivity index (χ4v) is 12.3. The molecule has 4 rings (SSSR count). The molecule has 2 aliphatic heterocycles. The molecule has 2 fully saturated rings. The third kappa shape index (κ3) is 26.5. The quantitative estimate of drug-likeness (QED) is 0.0185. The Hall–Kier alpha value is -7.56. The lowest BCUT2D eigenvalue weighted by molar-refractivity contribution is -0.149. The maximum Gasteiger partial charge on any atom is 0.315 e. The second kappa shape index (κ2) is 40.9. The van der Waals surface area contributed by atoms with E-state index in [1.165, 1.54) is 36.3 Å². The van der Waals surface area contributed by atoms with Gasteiger partial charge in [-0.3, -0.25) is 48.1 Å². The van der Waals surface area contributed by atoms with Gasteiger partial charge in [0.05, 0.1) is 50.3 Å². The van der Waals surface area contributed by atoms with E-state index in [4.69, 9.17) is 34.4 Å². The molecule has 2 aromatic carbocycles. The van der Waals surface area contributed by atoms with Crippen LogP contribution in [0.25, 0.3) is 0 Å². The number of carbonyl (C=O) groups excluding carboxylic acids is 10. The van der Waals surface area contributed by atoms with E-state index in [1.807, 2.05) is 17.8 Å². The zero-order valence-corrected chi connectivity index (χ0v) is 53.9. The summed E-state index contributed by atoms with van der Waals surface area (Å²) in [5.74, 6) is -4.08. The van der Waals surface area contributed by atoms with E-state index in [1.54, 1.807) is 68.4 Å². The van der Waals surface area contributed by atoms with Gasteiger partial charge in [-0.15, -0.1) is 0 Å². The molecule has 0 aliphatic carbocycles. The summed E-state index contributed by atoms with van der Waals surface area (Å²) < 4.78 is 0. The van der Waals surface area contributed by atoms with Crippen LogP contribution >= 0.6 is 11.8 Å². The summed E-state index contributed by atoms with van der Waals surface area (Å²) in [5.41, 5.74) is 35.8. The summed E-state index contributed by atoms with van der Waals surface area (Å²) in [6.45, 7) is 3.96. The summed E-state index contributed by atoms with van der Waals surface area (Å²) in [5, 5.41) is 11.9. The largest absolute Gasteiger partial charge is 0.370 e. The Morgan fingerprint density at radius 2 is 1.07 bits per heavy atom. The lowest BCUT2D eigenvalue weighted by atomic mass is 10.0. The number of urea groups is 1. The van der Waals surface area contributed by atoms with Crippen molar-refractivity contribution >= 4 is 76.9 Å². The topological polar surface area (TPSA) is 407 Å². The van der Waals surface area contributed by atoms with Crippen molar-refractivity contribution in [3.63, 3.8) is 0 Å². The Kier molecular flexibility index (Phi) is 34.1. The van der Waals surface area contributed by atoms with Crippen molar-refractivity contribution in [2.45, 2.75) is 146 Å². The molecule has 2 aliphatic rings. The number of benzene rings is 2. The second-order valence-corrected chi connectivity index (χ2v) is 24.3. The average Bonchev–Trinajstić information content (AvgIpc) is 3.42. The minimum Gasteiger partial charge on any atom is -0.370 e. The molecule has 0 radical (unpaired) electrons. The molecular formula is C62H101N17O10S. The maximum absolute atomic E-state index is 15.0. The summed E-state index contributed by atoms with van der Waals surface area (Å²) >= 11 is 1.83. The van der Waals surface area contributed by atoms with Crippen LogP contribution in [0.4, 0.5) is 4.79 Å². The lowest BCUT2D eigenvalue weighted by Crippen LogP contribution is -2.53. The van der Waals surface area contributed by atoms with Gasteiger partial charge in [0, 0.05) is 63.6 Å². The minimum atomic E-state index is -1.10. The molecule has 1 unspecified atom stereocenters. The van der Waals surface area contributed by atoms with Gasteiger partial charge < -0.3 is 85.1 Å². The fraction of sp³-hybridized carbons (Fsp3) is 0.629. The third-order valence-corrected chi connectivity index (χ3v) is 17.6. The molecule has 2 heterocycles. The number of hydrogen-bond acceptors (Lipinski definition) is 15. The van der Waals surface area contributed by atoms with Crippen LogP contribution < -0.4 is 55.7 Å². The van der Waals surface area contributed by atoms with E-state index in [-0.39, 0.29) is 88.0 Å². The van der Waals surface area contributed by atoms with E-state index in [9.17, 15) is 43.2 Å². The number of nitrogens with zero attached hydrogens (tertiary/aromatic N) is 7. The van der Waals surface area contributed by atoms with Crippen LogP contribution in [0.15, 0.2) is 65.7 Å². The van der Waals surface area contributed by atoms with Gasteiger partial charge in [-0.2, -0.15) is 11.8 Å². The van der Waals surface area contributed by atoms with E-state index < -0.39 is 92.2 Å². The van der Waals surface area contributed by atoms with Crippen molar-refractivity contribution in [1.82, 2.24) is 50.7 Å². The number of hydrogen-bond donors (Lipinski definition) is 10. The minimum absolute atomic E-state index is 0.0275. The van der Waals surface area contributed by atoms with Gasteiger partial charge in [0.2, 0.25) is 53.2 Å². The van der Waals surface area contributed by atoms with Crippen LogP contribution in [0.2, 0.25) is 0 Å². The summed E-state index contributed by atoms with van der Waals surface area (Å²) in [6, 6.07) is 15.5. The number of fused-ring (bicyclic) bond motifs is 1. The molecule has 11 amide bonds. The second-order valence-electron chi connectivity index (χ2n) is 23.0. The first kappa shape index (κ1) is 74.9. The molecule has 0 bridgehead atoms. The lowest BCUT2D eigenvalue weighted by Gasteiger charge is -2.35. The standard InChI is InChI=1S/C62H101N17O10S/c1-44(47-21-6-4-7-22-47)78(37-53(82)71-49(60(66)88)25-12-16-31-69-52(81)27-11-10-26-51-59-50(43-90-51)72-62(89)73-59)57(86)40-76(35-19-15-30-65)56(85)42-79(45(2)48-23-8-5-9-24-48)58(87)41-77(36-20-32-70-61(67)68)55(84)39-75(34-18-14-29-64)54(83)38-74(46(3)80)33-17-13-28-63/h4-9,21-24,44-45,49-51,59H,10-20,25-43,63-65H2,1-3H3,(H2,66,88)(H,69,81)(H,71,82)(H4,67,68,70)(H2,72,73,89)/t44-,45-,49-,50-,51?,59-/m0/s1. The molecule has 0 aromatic heterocycles. The van der Waals surface area contributed by atoms with Crippen LogP contribution in [0, 0.1) is 0 Å². The predicted molar refractivity (Wildman–Crippen MR) is 347 cm³/mol. The van der Waals surface area contributed by atoms with Gasteiger partial charge >= 0.3 is 6.03 Å². The van der Waals surface area contributed by atoms with Crippen molar-refractivity contribution < 1.29 is 47.9 Å². The smallest absolute Gasteiger partial charge is 0.315 e. The van der Waals surface area contributed by atoms with E-state index in [2.05, 4.69) is 26.3 Å². The van der Waals surface area contributed by atoms with Crippen LogP contribution in [0.1, 0.15) is 134 Å². The maximum atomic E-state index is 15.0. The third-order valence-electron chi connectivity index (χ3n) is 16.1. The van der Waals surface area contributed by atoms with Gasteiger partial charge in [0.1, 0.15) is 19.1 Å². The molecule has 16 N–H and O–H groups in total. The van der Waals surface area contributed by atoms with E-state index >= 15 is 4.79 Å². The van der Waals surface area contributed by atoms with Crippen LogP contribution in [0.3, 0.4) is 0 Å². The number of thioether (sulfide) groups is 1. The molecular weight excluding hydrogens is 1170 g/mol. The zero-order chi connectivity index (χ0) is 66.0. The highest BCUT2D eigenvalue weighted by atomic mass is 32.2. The van der Waals surface area contributed by atoms with Crippen LogP contribution in [-0.2, 0) is 43.2 Å². The van der Waals surface area contributed by atoms with Gasteiger partial charge in [-0.1, -0.05) is 67.1 Å². The molecule has 90 heavy (non-hydrogen) atoms. The van der Waals surface area contributed by atoms with Crippen molar-refractivity contribution in [2.75, 3.05) is 104 Å². The first-order valence-electron chi connectivity index (χ1n) is 31.6. The number of nitrogens with one attached hydrogen (secondary N) is 4. The number of carbonyl (C=O) groups is 10. The number of aliphatic imine (C=N–C) groups is 1. The number of unbranched alkanes of at least 4 members (excludes halogenated alkanes) is 5. The van der Waals surface area contributed by atoms with E-state index in [0.717, 1.165) is 18.6 Å². The van der Waals surface area contributed by atoms with Gasteiger partial charge in [-0.25, -0.2) is 4.79 Å². The van der Waals surface area contributed by atoms with Crippen molar-refractivity contribution in [3.8, 4) is 0 Å². The highest BCUT2D eigenvalue weighted by Gasteiger charge is 2.42. The molecule has 0 spiro atoms. The normalized spacial score (nSPS) is 15.8. The fourth-order valence-electron chi connectivity index (χ4n) is 10.8. The van der Waals surface area contributed by atoms with Crippen molar-refractivity contribution in [2.24, 2.45) is 39.4 Å². The Morgan fingerprint density at radius 3 is 1.58 bits per heavy atom. The number of amides is 11. The van der Waals surface area contributed by atoms with Crippen LogP contribution in [0.5, 0.6) is 0 Å². The first-order chi connectivity index (χ1) is 43.2. The molecule has 27 nitrogen and oxygen atoms in total. The SMILES string of the molecule is CC(=O)N(CCCCN)CC(=O)N(CCCCN)CC(=O)N(CCCN=C(N)N)CC(=O)N(CC(=O)N(CCCCN)CC(=O)N(CC(=O)N[C@@H](CCCCNC(=O)CCCCC1SC[C@@H]2NC(=O)N[C@H]12)C(N)=O)[C@@H](C)c1ccccc1)[C@@H](C)c1ccccc1. The van der Waals surface area contributed by atoms with Gasteiger partial charge in [0.15, 0.2) is 5.96 Å². The van der Waals surface area contributed by atoms with E-state index in [0.29, 0.717) is 107 Å². The van der Waals surface area contributed by atoms with Gasteiger partial charge in [-0.05, 0) is 122 Å². The monoisotopic (exact) mass is 1280 g/mol. The summed E-state index contributed by atoms with van der Waals surface area (Å²) in [7, 11) is 0. The highest BCUT2D eigenvalue weighted by molar-refractivity contribution is 8.00. The Labute approximate surface area is 534 Å². The number of guanidine groups is 1. The molecule has 0 saturated carbocycles. The molecule has 2 saturated heterocycles. The molecule has 2 aromatic rings.